The standard InChI is InChI=1S/C23H22N6O3/c30-23(31)19-12-3-5-13(6-4-12)20(19)28-18-8-16(17-2-1-7-32-17)27-22(29-18)15-10-25-21-14(15)9-24-11-26-21/h1-2,7-13,19-20H,3-6H2,(H,30,31)(H,24,25,26)(H,27,28,29)/t12?,13?,19-,20-/m1/s1. The van der Waals surface area contributed by atoms with E-state index < -0.39 is 11.9 Å². The maximum absolute atomic E-state index is 12.1. The van der Waals surface area contributed by atoms with Gasteiger partial charge in [-0.1, -0.05) is 0 Å². The first-order chi connectivity index (χ1) is 15.7. The van der Waals surface area contributed by atoms with E-state index in [0.717, 1.165) is 36.6 Å². The fraction of sp³-hybridized carbons (Fsp3) is 0.348. The first kappa shape index (κ1) is 19.0. The van der Waals surface area contributed by atoms with Gasteiger partial charge in [0.15, 0.2) is 11.6 Å². The zero-order chi connectivity index (χ0) is 21.7. The first-order valence-corrected chi connectivity index (χ1v) is 10.9. The molecule has 3 aliphatic carbocycles. The lowest BCUT2D eigenvalue weighted by molar-refractivity contribution is -0.148. The van der Waals surface area contributed by atoms with Crippen molar-refractivity contribution in [2.75, 3.05) is 5.32 Å². The highest BCUT2D eigenvalue weighted by Crippen LogP contribution is 2.46. The summed E-state index contributed by atoms with van der Waals surface area (Å²) in [6.07, 6.45) is 10.7. The lowest BCUT2D eigenvalue weighted by Crippen LogP contribution is -2.51. The van der Waals surface area contributed by atoms with Crippen molar-refractivity contribution in [3.8, 4) is 22.8 Å². The van der Waals surface area contributed by atoms with Gasteiger partial charge in [0, 0.05) is 35.5 Å². The quantitative estimate of drug-likeness (QED) is 0.433. The van der Waals surface area contributed by atoms with E-state index in [1.807, 2.05) is 24.4 Å². The van der Waals surface area contributed by atoms with Crippen molar-refractivity contribution >= 4 is 22.8 Å². The third kappa shape index (κ3) is 3.12. The van der Waals surface area contributed by atoms with Crippen LogP contribution in [0.15, 0.2) is 47.6 Å². The normalized spacial score (nSPS) is 24.6. The van der Waals surface area contributed by atoms with Gasteiger partial charge in [-0.15, -0.1) is 0 Å². The summed E-state index contributed by atoms with van der Waals surface area (Å²) >= 11 is 0. The molecule has 3 saturated carbocycles. The Kier molecular flexibility index (Phi) is 4.41. The number of aromatic amines is 1. The Balaban J connectivity index is 1.44. The third-order valence-electron chi connectivity index (χ3n) is 6.92. The Morgan fingerprint density at radius 1 is 1.19 bits per heavy atom. The second-order valence-electron chi connectivity index (χ2n) is 8.64. The minimum atomic E-state index is -0.730. The maximum atomic E-state index is 12.1. The average molecular weight is 430 g/mol. The molecular formula is C23H22N6O3. The van der Waals surface area contributed by atoms with Gasteiger partial charge in [-0.25, -0.2) is 19.9 Å². The predicted octanol–water partition coefficient (Wildman–Crippen LogP) is 3.98. The molecule has 3 fully saturated rings. The Morgan fingerprint density at radius 2 is 2.03 bits per heavy atom. The molecule has 9 nitrogen and oxygen atoms in total. The van der Waals surface area contributed by atoms with E-state index in [2.05, 4.69) is 20.3 Å². The number of aliphatic carboxylic acids is 1. The summed E-state index contributed by atoms with van der Waals surface area (Å²) in [5, 5.41) is 14.2. The molecule has 3 N–H and O–H groups in total. The van der Waals surface area contributed by atoms with Gasteiger partial charge < -0.3 is 19.8 Å². The first-order valence-electron chi connectivity index (χ1n) is 10.9. The van der Waals surface area contributed by atoms with E-state index in [9.17, 15) is 9.90 Å². The van der Waals surface area contributed by atoms with Crippen LogP contribution in [0.4, 0.5) is 5.82 Å². The molecule has 0 radical (unpaired) electrons. The highest BCUT2D eigenvalue weighted by Gasteiger charge is 2.47. The number of carboxylic acid groups (broad SMARTS) is 1. The predicted molar refractivity (Wildman–Crippen MR) is 117 cm³/mol. The fourth-order valence-electron chi connectivity index (χ4n) is 5.42. The number of furan rings is 1. The lowest BCUT2D eigenvalue weighted by atomic mass is 9.61. The van der Waals surface area contributed by atoms with Crippen LogP contribution in [0.5, 0.6) is 0 Å². The number of H-pyrrole nitrogens is 1. The Hall–Kier alpha value is -3.75. The van der Waals surface area contributed by atoms with Gasteiger partial charge in [-0.2, -0.15) is 0 Å². The molecule has 4 aromatic rings. The van der Waals surface area contributed by atoms with Crippen LogP contribution in [0.3, 0.4) is 0 Å². The highest BCUT2D eigenvalue weighted by atomic mass is 16.4. The number of hydrogen-bond donors (Lipinski definition) is 3. The zero-order valence-corrected chi connectivity index (χ0v) is 17.2. The third-order valence-corrected chi connectivity index (χ3v) is 6.92. The molecule has 4 heterocycles. The van der Waals surface area contributed by atoms with Crippen molar-refractivity contribution in [2.24, 2.45) is 17.8 Å². The molecule has 0 spiro atoms. The van der Waals surface area contributed by atoms with Crippen LogP contribution in [0.2, 0.25) is 0 Å². The summed E-state index contributed by atoms with van der Waals surface area (Å²) in [5.74, 6) is 1.11. The van der Waals surface area contributed by atoms with E-state index in [0.29, 0.717) is 34.7 Å². The molecule has 4 aromatic heterocycles. The van der Waals surface area contributed by atoms with Crippen molar-refractivity contribution in [3.63, 3.8) is 0 Å². The number of carboxylic acids is 1. The molecule has 7 rings (SSSR count). The van der Waals surface area contributed by atoms with Gasteiger partial charge in [0.1, 0.15) is 23.5 Å². The van der Waals surface area contributed by atoms with E-state index in [1.54, 1.807) is 12.5 Å². The van der Waals surface area contributed by atoms with E-state index in [1.165, 1.54) is 6.33 Å². The van der Waals surface area contributed by atoms with Gasteiger partial charge in [0.25, 0.3) is 0 Å². The maximum Gasteiger partial charge on any atom is 0.308 e. The molecule has 162 valence electrons. The zero-order valence-electron chi connectivity index (χ0n) is 17.2. The van der Waals surface area contributed by atoms with Crippen molar-refractivity contribution < 1.29 is 14.3 Å². The summed E-state index contributed by atoms with van der Waals surface area (Å²) in [7, 11) is 0. The van der Waals surface area contributed by atoms with Crippen LogP contribution in [0.25, 0.3) is 33.9 Å². The second kappa shape index (κ2) is 7.44. The smallest absolute Gasteiger partial charge is 0.308 e. The summed E-state index contributed by atoms with van der Waals surface area (Å²) in [5.41, 5.74) is 2.10. The van der Waals surface area contributed by atoms with Crippen LogP contribution in [0, 0.1) is 17.8 Å². The van der Waals surface area contributed by atoms with Gasteiger partial charge in [-0.05, 0) is 49.7 Å². The Morgan fingerprint density at radius 3 is 2.81 bits per heavy atom. The Bertz CT molecular complexity index is 1280. The molecular weight excluding hydrogens is 408 g/mol. The van der Waals surface area contributed by atoms with Crippen LogP contribution in [0.1, 0.15) is 25.7 Å². The highest BCUT2D eigenvalue weighted by molar-refractivity contribution is 5.91. The number of aromatic nitrogens is 5. The van der Waals surface area contributed by atoms with Gasteiger partial charge in [0.05, 0.1) is 12.2 Å². The van der Waals surface area contributed by atoms with Crippen molar-refractivity contribution in [1.29, 1.82) is 0 Å². The number of anilines is 1. The van der Waals surface area contributed by atoms with Crippen LogP contribution >= 0.6 is 0 Å². The van der Waals surface area contributed by atoms with Gasteiger partial charge >= 0.3 is 5.97 Å². The minimum Gasteiger partial charge on any atom is -0.481 e. The number of rotatable bonds is 5. The van der Waals surface area contributed by atoms with Gasteiger partial charge in [-0.3, -0.25) is 4.79 Å². The van der Waals surface area contributed by atoms with Crippen molar-refractivity contribution in [2.45, 2.75) is 31.7 Å². The summed E-state index contributed by atoms with van der Waals surface area (Å²) < 4.78 is 5.59. The Labute approximate surface area is 183 Å². The van der Waals surface area contributed by atoms with E-state index in [4.69, 9.17) is 14.4 Å². The molecule has 9 heteroatoms. The molecule has 3 aliphatic rings. The second-order valence-corrected chi connectivity index (χ2v) is 8.64. The largest absolute Gasteiger partial charge is 0.481 e. The lowest BCUT2D eigenvalue weighted by Gasteiger charge is -2.47. The molecule has 0 unspecified atom stereocenters. The summed E-state index contributed by atoms with van der Waals surface area (Å²) in [6, 6.07) is 5.33. The number of hydrogen-bond acceptors (Lipinski definition) is 7. The fourth-order valence-corrected chi connectivity index (χ4v) is 5.42. The van der Waals surface area contributed by atoms with E-state index >= 15 is 0 Å². The monoisotopic (exact) mass is 430 g/mol. The number of carbonyl (C=O) groups is 1. The molecule has 0 aromatic carbocycles. The summed E-state index contributed by atoms with van der Waals surface area (Å²) in [4.78, 5) is 33.1. The van der Waals surface area contributed by atoms with Crippen LogP contribution in [-0.4, -0.2) is 42.0 Å². The number of fused-ring (bicyclic) bond motifs is 4. The number of nitrogens with one attached hydrogen (secondary N) is 2. The van der Waals surface area contributed by atoms with E-state index in [-0.39, 0.29) is 12.0 Å². The van der Waals surface area contributed by atoms with Crippen LogP contribution in [-0.2, 0) is 4.79 Å². The number of nitrogens with zero attached hydrogens (tertiary/aromatic N) is 4. The molecule has 2 bridgehead atoms. The molecule has 0 saturated heterocycles. The van der Waals surface area contributed by atoms with Crippen molar-refractivity contribution in [3.05, 3.63) is 43.2 Å². The SMILES string of the molecule is O=C(O)[C@@H]1C2CCC(CC2)[C@H]1Nc1cc(-c2ccco2)nc(-c2c[nH]c3ncncc23)n1. The van der Waals surface area contributed by atoms with Gasteiger partial charge in [0.2, 0.25) is 0 Å². The molecule has 0 amide bonds. The van der Waals surface area contributed by atoms with Crippen LogP contribution < -0.4 is 5.32 Å². The molecule has 2 atom stereocenters. The molecule has 32 heavy (non-hydrogen) atoms. The van der Waals surface area contributed by atoms with Crippen molar-refractivity contribution in [1.82, 2.24) is 24.9 Å². The topological polar surface area (TPSA) is 130 Å². The molecule has 0 aliphatic heterocycles. The summed E-state index contributed by atoms with van der Waals surface area (Å²) in [6.45, 7) is 0. The average Bonchev–Trinajstić information content (AvgIpc) is 3.50. The minimum absolute atomic E-state index is 0.154.